The van der Waals surface area contributed by atoms with Gasteiger partial charge < -0.3 is 9.51 Å². The van der Waals surface area contributed by atoms with E-state index in [1.807, 2.05) is 82.4 Å². The zero-order valence-electron chi connectivity index (χ0n) is 33.6. The summed E-state index contributed by atoms with van der Waals surface area (Å²) in [6.45, 7) is 15.0. The van der Waals surface area contributed by atoms with E-state index in [4.69, 9.17) is 4.98 Å². The number of hydrogen-bond acceptors (Lipinski definition) is 3. The molecule has 0 aliphatic carbocycles. The second-order valence-corrected chi connectivity index (χ2v) is 15.8. The third-order valence-corrected chi connectivity index (χ3v) is 11.5. The Bertz CT molecular complexity index is 2500. The quantitative estimate of drug-likeness (QED) is 0.0799. The first-order valence-corrected chi connectivity index (χ1v) is 19.7. The van der Waals surface area contributed by atoms with Gasteiger partial charge in [0.1, 0.15) is 0 Å². The summed E-state index contributed by atoms with van der Waals surface area (Å²) in [6.07, 6.45) is 2.33. The fourth-order valence-corrected chi connectivity index (χ4v) is 8.08. The van der Waals surface area contributed by atoms with Crippen molar-refractivity contribution in [1.29, 1.82) is 0 Å². The predicted molar refractivity (Wildman–Crippen MR) is 222 cm³/mol. The summed E-state index contributed by atoms with van der Waals surface area (Å²) in [6, 6.07) is 28.0. The van der Waals surface area contributed by atoms with E-state index in [9.17, 15) is 23.1 Å². The van der Waals surface area contributed by atoms with E-state index < -0.39 is 11.6 Å². The van der Waals surface area contributed by atoms with Crippen LogP contribution in [-0.4, -0.2) is 26.5 Å². The fourth-order valence-electron chi connectivity index (χ4n) is 8.08. The first-order chi connectivity index (χ1) is 26.2. The minimum Gasteiger partial charge on any atom is -0.512 e. The number of allylic oxidation sites excluding steroid dienone is 2. The number of carbonyl (C=O) groups is 1. The van der Waals surface area contributed by atoms with Gasteiger partial charge in [-0.25, -0.2) is 0 Å². The van der Waals surface area contributed by atoms with E-state index in [2.05, 4.69) is 48.6 Å². The van der Waals surface area contributed by atoms with Crippen LogP contribution in [0.3, 0.4) is 0 Å². The Labute approximate surface area is 341 Å². The van der Waals surface area contributed by atoms with E-state index in [0.29, 0.717) is 11.5 Å². The number of pyridine rings is 1. The number of aliphatic hydroxyl groups excluding tert-OH is 1. The molecule has 0 aliphatic rings. The van der Waals surface area contributed by atoms with Crippen molar-refractivity contribution in [2.75, 3.05) is 0 Å². The van der Waals surface area contributed by atoms with Gasteiger partial charge in [0.25, 0.3) is 0 Å². The number of rotatable bonds is 11. The van der Waals surface area contributed by atoms with E-state index in [-0.39, 0.29) is 49.9 Å². The molecule has 0 saturated carbocycles. The largest absolute Gasteiger partial charge is 0.512 e. The van der Waals surface area contributed by atoms with Crippen LogP contribution in [0, 0.1) is 23.3 Å². The van der Waals surface area contributed by atoms with Gasteiger partial charge in [-0.3, -0.25) is 9.78 Å². The summed E-state index contributed by atoms with van der Waals surface area (Å²) >= 11 is 0. The maximum Gasteiger partial charge on any atom is 0.394 e. The maximum absolute atomic E-state index is 14.0. The average molecular weight is 938 g/mol. The van der Waals surface area contributed by atoms with Crippen LogP contribution in [0.5, 0.6) is 0 Å². The van der Waals surface area contributed by atoms with Crippen LogP contribution >= 0.6 is 0 Å². The van der Waals surface area contributed by atoms with E-state index in [0.717, 1.165) is 80.4 Å². The Morgan fingerprint density at radius 1 is 0.821 bits per heavy atom. The van der Waals surface area contributed by atoms with Gasteiger partial charge in [-0.2, -0.15) is 13.2 Å². The molecule has 297 valence electrons. The van der Waals surface area contributed by atoms with Gasteiger partial charge >= 0.3 is 6.18 Å². The molecular weight excluding hydrogens is 886 g/mol. The third-order valence-electron chi connectivity index (χ3n) is 11.5. The van der Waals surface area contributed by atoms with Crippen LogP contribution in [0.25, 0.3) is 60.1 Å². The summed E-state index contributed by atoms with van der Waals surface area (Å²) in [5, 5.41) is 15.9. The summed E-state index contributed by atoms with van der Waals surface area (Å²) in [7, 11) is 0. The van der Waals surface area contributed by atoms with Crippen LogP contribution in [0.1, 0.15) is 98.1 Å². The van der Waals surface area contributed by atoms with Crippen molar-refractivity contribution in [1.82, 2.24) is 9.38 Å². The number of hydrogen-bond donors (Lipinski definition) is 1. The second kappa shape index (κ2) is 17.1. The van der Waals surface area contributed by atoms with Crippen molar-refractivity contribution in [2.45, 2.75) is 99.6 Å². The zero-order valence-corrected chi connectivity index (χ0v) is 36.0. The van der Waals surface area contributed by atoms with Gasteiger partial charge in [-0.1, -0.05) is 115 Å². The molecule has 4 nitrogen and oxygen atoms in total. The topological polar surface area (TPSA) is 54.6 Å². The van der Waals surface area contributed by atoms with Gasteiger partial charge in [-0.15, -0.1) is 29.1 Å². The molecule has 1 radical (unpaired) electrons. The first kappa shape index (κ1) is 42.9. The van der Waals surface area contributed by atoms with Crippen molar-refractivity contribution in [2.24, 2.45) is 17.3 Å². The molecule has 0 bridgehead atoms. The molecule has 0 aliphatic heterocycles. The van der Waals surface area contributed by atoms with Gasteiger partial charge in [0.2, 0.25) is 0 Å². The number of fused-ring (bicyclic) bond motifs is 7. The van der Waals surface area contributed by atoms with Crippen molar-refractivity contribution in [3.05, 3.63) is 108 Å². The Kier molecular flexibility index (Phi) is 13.1. The molecule has 0 atom stereocenters. The molecule has 56 heavy (non-hydrogen) atoms. The Morgan fingerprint density at radius 3 is 2.05 bits per heavy atom. The van der Waals surface area contributed by atoms with Crippen LogP contribution in [0.2, 0.25) is 0 Å². The Balaban J connectivity index is 0.000000322. The molecule has 7 rings (SSSR count). The minimum atomic E-state index is -4.31. The fraction of sp³-hybridized carbons (Fsp3) is 0.375. The number of ketones is 1. The molecule has 0 unspecified atom stereocenters. The molecule has 3 heterocycles. The standard InChI is InChI=1S/C35H28F3N2.C13H24O2.Ir/c1-20(2)28-18-23(17-21-9-5-6-10-24(21)28)31-33-26(15-16-39-31)25-14-13-22(19-34(3,4)35(36,37)38)30-27-11-7-8-12-29(27)40(33)32(25)30;1-5-10(6-2)12(14)9-13(15)11(7-3)8-4;/h5-16,18,20H,19H2,1-4H3;9-11,14H,5-8H2,1-4H3;/q-1;;/b;12-9-;. The number of carbonyl (C=O) groups excluding carboxylic acids is 1. The number of para-hydroxylation sites is 1. The Hall–Kier alpha value is -4.26. The number of aliphatic hydroxyl groups is 1. The van der Waals surface area contributed by atoms with Crippen LogP contribution in [0.4, 0.5) is 13.2 Å². The number of alkyl halides is 3. The van der Waals surface area contributed by atoms with Gasteiger partial charge in [0.05, 0.1) is 22.2 Å². The monoisotopic (exact) mass is 938 g/mol. The van der Waals surface area contributed by atoms with Crippen molar-refractivity contribution in [3.63, 3.8) is 0 Å². The molecule has 0 saturated heterocycles. The van der Waals surface area contributed by atoms with Gasteiger partial charge in [0, 0.05) is 77.0 Å². The summed E-state index contributed by atoms with van der Waals surface area (Å²) < 4.78 is 44.1. The first-order valence-electron chi connectivity index (χ1n) is 19.7. The van der Waals surface area contributed by atoms with E-state index in [1.54, 1.807) is 0 Å². The van der Waals surface area contributed by atoms with Crippen molar-refractivity contribution >= 4 is 54.7 Å². The zero-order chi connectivity index (χ0) is 39.8. The molecule has 7 aromatic rings. The van der Waals surface area contributed by atoms with E-state index in [1.165, 1.54) is 30.9 Å². The van der Waals surface area contributed by atoms with Crippen LogP contribution < -0.4 is 0 Å². The number of benzene rings is 4. The Morgan fingerprint density at radius 2 is 1.43 bits per heavy atom. The van der Waals surface area contributed by atoms with Crippen LogP contribution in [-0.2, 0) is 31.3 Å². The SMILES string of the molecule is CC(C)c1cc(-c2nccc3c4ccc(CC(C)(C)C(F)(F)F)c5c6ccccc6n(c23)c45)[c-]c2ccccc12.CCC(CC)C(=O)/C=C(\O)C(CC)CC.[Ir]. The van der Waals surface area contributed by atoms with E-state index >= 15 is 0 Å². The van der Waals surface area contributed by atoms with Gasteiger partial charge in [-0.05, 0) is 55.7 Å². The molecule has 8 heteroatoms. The maximum atomic E-state index is 14.0. The summed E-state index contributed by atoms with van der Waals surface area (Å²) in [4.78, 5) is 16.6. The molecule has 0 amide bonds. The van der Waals surface area contributed by atoms with Gasteiger partial charge in [0.15, 0.2) is 5.78 Å². The summed E-state index contributed by atoms with van der Waals surface area (Å²) in [5.74, 6) is 0.858. The minimum absolute atomic E-state index is 0. The molecule has 1 N–H and O–H groups in total. The molecular formula is C48H52F3IrN2O2-. The molecule has 4 aromatic carbocycles. The summed E-state index contributed by atoms with van der Waals surface area (Å²) in [5.41, 5.74) is 4.69. The average Bonchev–Trinajstić information content (AvgIpc) is 3.68. The molecule has 0 spiro atoms. The van der Waals surface area contributed by atoms with Crippen molar-refractivity contribution in [3.8, 4) is 11.3 Å². The second-order valence-electron chi connectivity index (χ2n) is 15.8. The number of halogens is 3. The van der Waals surface area contributed by atoms with Crippen molar-refractivity contribution < 1.29 is 43.2 Å². The predicted octanol–water partition coefficient (Wildman–Crippen LogP) is 14.0. The number of aromatic nitrogens is 2. The smallest absolute Gasteiger partial charge is 0.394 e. The molecule has 0 fully saturated rings. The third kappa shape index (κ3) is 7.84. The van der Waals surface area contributed by atoms with Crippen LogP contribution in [0.15, 0.2) is 90.8 Å². The normalized spacial score (nSPS) is 12.8. The molecule has 3 aromatic heterocycles. The number of nitrogens with zero attached hydrogens (tertiary/aromatic N) is 2.